The van der Waals surface area contributed by atoms with Gasteiger partial charge in [-0.3, -0.25) is 14.4 Å². The van der Waals surface area contributed by atoms with Crippen LogP contribution in [0.4, 0.5) is 0 Å². The molecule has 0 amide bonds. The van der Waals surface area contributed by atoms with Gasteiger partial charge >= 0.3 is 11.9 Å². The van der Waals surface area contributed by atoms with Gasteiger partial charge in [0, 0.05) is 12.3 Å². The first-order valence-electron chi connectivity index (χ1n) is 9.66. The largest absolute Gasteiger partial charge is 0.463 e. The normalized spacial score (nSPS) is 27.8. The number of hydrogen-bond acceptors (Lipinski definition) is 6. The van der Waals surface area contributed by atoms with Crippen LogP contribution in [0.2, 0.25) is 0 Å². The standard InChI is InChI=1S/C22H30O6/c1-12(2)27-20(24)18-16(23)11-22(6,26)19(21(25)28-13(3)4)17(18)15-9-7-14(5)8-10-15/h7-10,12-13,17-19,26H,11H2,1-6H3/t17-,18-,19+,22+/m1/s1. The average molecular weight is 390 g/mol. The minimum absolute atomic E-state index is 0.314. The summed E-state index contributed by atoms with van der Waals surface area (Å²) in [7, 11) is 0. The van der Waals surface area contributed by atoms with Gasteiger partial charge in [-0.2, -0.15) is 0 Å². The fraction of sp³-hybridized carbons (Fsp3) is 0.591. The summed E-state index contributed by atoms with van der Waals surface area (Å²) in [6.07, 6.45) is -1.10. The van der Waals surface area contributed by atoms with Crippen molar-refractivity contribution >= 4 is 17.7 Å². The Morgan fingerprint density at radius 1 is 1.04 bits per heavy atom. The number of carbonyl (C=O) groups is 3. The number of hydrogen-bond donors (Lipinski definition) is 1. The summed E-state index contributed by atoms with van der Waals surface area (Å²) in [4.78, 5) is 38.6. The molecule has 1 aliphatic rings. The highest BCUT2D eigenvalue weighted by Gasteiger charge is 2.57. The van der Waals surface area contributed by atoms with Crippen LogP contribution in [0.1, 0.15) is 58.1 Å². The number of Topliss-reactive ketones (excluding diaryl/α,β-unsaturated/α-hetero) is 1. The molecule has 0 aliphatic heterocycles. The van der Waals surface area contributed by atoms with Crippen LogP contribution in [0.25, 0.3) is 0 Å². The van der Waals surface area contributed by atoms with Gasteiger partial charge in [-0.15, -0.1) is 0 Å². The predicted octanol–water partition coefficient (Wildman–Crippen LogP) is 2.94. The number of rotatable bonds is 5. The Labute approximate surface area is 166 Å². The van der Waals surface area contributed by atoms with E-state index in [2.05, 4.69) is 0 Å². The highest BCUT2D eigenvalue weighted by molar-refractivity contribution is 6.02. The smallest absolute Gasteiger partial charge is 0.317 e. The number of benzene rings is 1. The second kappa shape index (κ2) is 8.43. The van der Waals surface area contributed by atoms with E-state index in [4.69, 9.17) is 9.47 Å². The molecule has 6 heteroatoms. The number of ether oxygens (including phenoxy) is 2. The van der Waals surface area contributed by atoms with Crippen LogP contribution >= 0.6 is 0 Å². The van der Waals surface area contributed by atoms with Gasteiger partial charge in [0.15, 0.2) is 5.78 Å². The Kier molecular flexibility index (Phi) is 6.65. The number of aryl methyl sites for hydroxylation is 1. The van der Waals surface area contributed by atoms with Crippen molar-refractivity contribution in [3.05, 3.63) is 35.4 Å². The van der Waals surface area contributed by atoms with Gasteiger partial charge in [0.05, 0.1) is 23.7 Å². The summed E-state index contributed by atoms with van der Waals surface area (Å²) in [6, 6.07) is 7.25. The van der Waals surface area contributed by atoms with Gasteiger partial charge in [0.25, 0.3) is 0 Å². The summed E-state index contributed by atoms with van der Waals surface area (Å²) in [5, 5.41) is 11.0. The molecule has 1 fully saturated rings. The van der Waals surface area contributed by atoms with Gasteiger partial charge in [0.1, 0.15) is 5.92 Å². The topological polar surface area (TPSA) is 89.9 Å². The molecule has 0 saturated heterocycles. The van der Waals surface area contributed by atoms with Crippen LogP contribution in [0.3, 0.4) is 0 Å². The third-order valence-corrected chi connectivity index (χ3v) is 4.94. The lowest BCUT2D eigenvalue weighted by molar-refractivity contribution is -0.176. The Morgan fingerprint density at radius 3 is 2.04 bits per heavy atom. The summed E-state index contributed by atoms with van der Waals surface area (Å²) < 4.78 is 10.7. The first kappa shape index (κ1) is 22.1. The molecule has 1 aliphatic carbocycles. The lowest BCUT2D eigenvalue weighted by atomic mass is 9.61. The minimum atomic E-state index is -1.63. The zero-order valence-corrected chi connectivity index (χ0v) is 17.4. The van der Waals surface area contributed by atoms with Gasteiger partial charge in [-0.1, -0.05) is 29.8 Å². The number of esters is 2. The maximum atomic E-state index is 12.9. The highest BCUT2D eigenvalue weighted by Crippen LogP contribution is 2.47. The number of carbonyl (C=O) groups excluding carboxylic acids is 3. The molecule has 1 N–H and O–H groups in total. The van der Waals surface area contributed by atoms with E-state index in [1.165, 1.54) is 6.92 Å². The van der Waals surface area contributed by atoms with E-state index in [-0.39, 0.29) is 12.5 Å². The molecule has 1 saturated carbocycles. The van der Waals surface area contributed by atoms with Crippen LogP contribution < -0.4 is 0 Å². The molecule has 1 aromatic rings. The summed E-state index contributed by atoms with van der Waals surface area (Å²) in [5.41, 5.74) is -0.0108. The molecule has 0 spiro atoms. The Morgan fingerprint density at radius 2 is 1.54 bits per heavy atom. The molecule has 0 aromatic heterocycles. The fourth-order valence-electron chi connectivity index (χ4n) is 3.82. The minimum Gasteiger partial charge on any atom is -0.463 e. The summed E-state index contributed by atoms with van der Waals surface area (Å²) >= 11 is 0. The first-order valence-corrected chi connectivity index (χ1v) is 9.66. The Bertz CT molecular complexity index is 724. The van der Waals surface area contributed by atoms with Gasteiger partial charge in [-0.05, 0) is 47.1 Å². The average Bonchev–Trinajstić information content (AvgIpc) is 2.52. The molecule has 154 valence electrons. The molecule has 28 heavy (non-hydrogen) atoms. The zero-order valence-electron chi connectivity index (χ0n) is 17.4. The van der Waals surface area contributed by atoms with Crippen molar-refractivity contribution in [2.45, 2.75) is 71.7 Å². The third-order valence-electron chi connectivity index (χ3n) is 4.94. The maximum Gasteiger partial charge on any atom is 0.317 e. The van der Waals surface area contributed by atoms with Crippen LogP contribution in [0.5, 0.6) is 0 Å². The van der Waals surface area contributed by atoms with Crippen molar-refractivity contribution < 1.29 is 29.0 Å². The Balaban J connectivity index is 2.59. The predicted molar refractivity (Wildman–Crippen MR) is 104 cm³/mol. The third kappa shape index (κ3) is 4.79. The van der Waals surface area contributed by atoms with E-state index in [1.807, 2.05) is 19.1 Å². The second-order valence-electron chi connectivity index (χ2n) is 8.36. The van der Waals surface area contributed by atoms with Crippen LogP contribution in [-0.4, -0.2) is 40.6 Å². The summed E-state index contributed by atoms with van der Waals surface area (Å²) in [6.45, 7) is 10.2. The maximum absolute atomic E-state index is 12.9. The van der Waals surface area contributed by atoms with Crippen LogP contribution in [0, 0.1) is 18.8 Å². The van der Waals surface area contributed by atoms with Crippen molar-refractivity contribution in [3.63, 3.8) is 0 Å². The molecule has 0 heterocycles. The van der Waals surface area contributed by atoms with E-state index in [0.29, 0.717) is 5.56 Å². The van der Waals surface area contributed by atoms with E-state index >= 15 is 0 Å². The molecule has 1 aromatic carbocycles. The molecule has 0 radical (unpaired) electrons. The van der Waals surface area contributed by atoms with Crippen molar-refractivity contribution in [2.24, 2.45) is 11.8 Å². The summed E-state index contributed by atoms with van der Waals surface area (Å²) in [5.74, 6) is -4.84. The molecule has 0 bridgehead atoms. The van der Waals surface area contributed by atoms with Crippen LogP contribution in [0.15, 0.2) is 24.3 Å². The van der Waals surface area contributed by atoms with Crippen molar-refractivity contribution in [3.8, 4) is 0 Å². The van der Waals surface area contributed by atoms with Gasteiger partial charge in [0.2, 0.25) is 0 Å². The lowest BCUT2D eigenvalue weighted by Gasteiger charge is -2.44. The highest BCUT2D eigenvalue weighted by atomic mass is 16.5. The van der Waals surface area contributed by atoms with Gasteiger partial charge < -0.3 is 14.6 Å². The number of aliphatic hydroxyl groups is 1. The fourth-order valence-corrected chi connectivity index (χ4v) is 3.82. The van der Waals surface area contributed by atoms with Crippen LogP contribution in [-0.2, 0) is 23.9 Å². The van der Waals surface area contributed by atoms with Crippen molar-refractivity contribution in [2.75, 3.05) is 0 Å². The molecular weight excluding hydrogens is 360 g/mol. The monoisotopic (exact) mass is 390 g/mol. The molecular formula is C22H30O6. The quantitative estimate of drug-likeness (QED) is 0.614. The van der Waals surface area contributed by atoms with Crippen molar-refractivity contribution in [1.29, 1.82) is 0 Å². The second-order valence-corrected chi connectivity index (χ2v) is 8.36. The zero-order chi connectivity index (χ0) is 21.2. The number of ketones is 1. The van der Waals surface area contributed by atoms with E-state index in [0.717, 1.165) is 5.56 Å². The van der Waals surface area contributed by atoms with Gasteiger partial charge in [-0.25, -0.2) is 0 Å². The molecule has 4 atom stereocenters. The van der Waals surface area contributed by atoms with Crippen molar-refractivity contribution in [1.82, 2.24) is 0 Å². The van der Waals surface area contributed by atoms with E-state index in [1.54, 1.807) is 39.8 Å². The molecule has 6 nitrogen and oxygen atoms in total. The van der Waals surface area contributed by atoms with E-state index < -0.39 is 47.2 Å². The Hall–Kier alpha value is -2.21. The molecule has 2 rings (SSSR count). The first-order chi connectivity index (χ1) is 12.9. The SMILES string of the molecule is Cc1ccc([C@@H]2[C@H](C(=O)OC(C)C)C(=O)C[C@](C)(O)[C@@H]2C(=O)OC(C)C)cc1. The molecule has 0 unspecified atom stereocenters. The van der Waals surface area contributed by atoms with E-state index in [9.17, 15) is 19.5 Å². The lowest BCUT2D eigenvalue weighted by Crippen LogP contribution is -2.55.